The number of ether oxygens (including phenoxy) is 2. The molecule has 2 nitrogen and oxygen atoms in total. The van der Waals surface area contributed by atoms with E-state index in [9.17, 15) is 0 Å². The van der Waals surface area contributed by atoms with Crippen molar-refractivity contribution in [3.8, 4) is 11.5 Å². The summed E-state index contributed by atoms with van der Waals surface area (Å²) in [6.45, 7) is 12.6. The number of rotatable bonds is 5. The first-order valence-corrected chi connectivity index (χ1v) is 10.0. The van der Waals surface area contributed by atoms with Crippen LogP contribution in [0.5, 0.6) is 11.5 Å². The predicted molar refractivity (Wildman–Crippen MR) is 125 cm³/mol. The molecular formula is C26H38O2. The van der Waals surface area contributed by atoms with Gasteiger partial charge in [0.25, 0.3) is 0 Å². The minimum atomic E-state index is 0.746. The molecule has 0 bridgehead atoms. The standard InChI is InChI=1S/C18H20O2.C5H10.C3H8/c1-4-14-5-7-15(8-6-14)9-10-16-11-12-17(19-2)18(13-16)20-3;1-4-5(2)3;1-3-2/h5-13H,4H2,1-3H3;4H,1-3H3;3H2,1-2H3/b10-9+;;. The van der Waals surface area contributed by atoms with Gasteiger partial charge in [0.05, 0.1) is 14.2 Å². The first-order chi connectivity index (χ1) is 13.4. The van der Waals surface area contributed by atoms with Crippen molar-refractivity contribution in [3.63, 3.8) is 0 Å². The van der Waals surface area contributed by atoms with Gasteiger partial charge in [0, 0.05) is 0 Å². The molecule has 0 atom stereocenters. The number of benzene rings is 2. The smallest absolute Gasteiger partial charge is 0.161 e. The Morgan fingerprint density at radius 3 is 1.68 bits per heavy atom. The number of aryl methyl sites for hydroxylation is 1. The molecular weight excluding hydrogens is 344 g/mol. The molecule has 0 aliphatic rings. The Bertz CT molecular complexity index is 706. The SMILES string of the molecule is CC=C(C)C.CCC.CCc1ccc(/C=C/c2ccc(OC)c(OC)c2)cc1. The molecule has 0 aliphatic carbocycles. The van der Waals surface area contributed by atoms with Gasteiger partial charge in [-0.25, -0.2) is 0 Å². The lowest BCUT2D eigenvalue weighted by Gasteiger charge is -2.07. The van der Waals surface area contributed by atoms with Crippen molar-refractivity contribution in [2.45, 2.75) is 54.4 Å². The van der Waals surface area contributed by atoms with Crippen LogP contribution < -0.4 is 9.47 Å². The zero-order valence-corrected chi connectivity index (χ0v) is 19.0. The van der Waals surface area contributed by atoms with Gasteiger partial charge in [-0.3, -0.25) is 0 Å². The minimum absolute atomic E-state index is 0.746. The maximum absolute atomic E-state index is 5.30. The van der Waals surface area contributed by atoms with Gasteiger partial charge in [-0.1, -0.05) is 81.3 Å². The lowest BCUT2D eigenvalue weighted by atomic mass is 10.1. The molecule has 0 spiro atoms. The molecule has 2 rings (SSSR count). The Kier molecular flexibility index (Phi) is 14.2. The molecule has 0 saturated heterocycles. The van der Waals surface area contributed by atoms with Crippen molar-refractivity contribution in [1.82, 2.24) is 0 Å². The summed E-state index contributed by atoms with van der Waals surface area (Å²) in [5.41, 5.74) is 5.01. The van der Waals surface area contributed by atoms with Crippen molar-refractivity contribution in [1.29, 1.82) is 0 Å². The maximum atomic E-state index is 5.30. The molecule has 0 fully saturated rings. The van der Waals surface area contributed by atoms with E-state index in [2.05, 4.69) is 77.1 Å². The van der Waals surface area contributed by atoms with Crippen LogP contribution in [0.2, 0.25) is 0 Å². The molecule has 0 radical (unpaired) electrons. The Morgan fingerprint density at radius 1 is 0.786 bits per heavy atom. The van der Waals surface area contributed by atoms with Gasteiger partial charge in [-0.05, 0) is 56.0 Å². The fourth-order valence-electron chi connectivity index (χ4n) is 2.01. The van der Waals surface area contributed by atoms with Crippen LogP contribution in [0.25, 0.3) is 12.2 Å². The Balaban J connectivity index is 0.000000777. The summed E-state index contributed by atoms with van der Waals surface area (Å²) in [5.74, 6) is 1.49. The molecule has 0 N–H and O–H groups in total. The summed E-state index contributed by atoms with van der Waals surface area (Å²) in [7, 11) is 3.29. The van der Waals surface area contributed by atoms with Crippen molar-refractivity contribution in [3.05, 3.63) is 70.8 Å². The van der Waals surface area contributed by atoms with E-state index < -0.39 is 0 Å². The van der Waals surface area contributed by atoms with Gasteiger partial charge in [0.1, 0.15) is 0 Å². The Labute approximate surface area is 172 Å². The highest BCUT2D eigenvalue weighted by molar-refractivity contribution is 5.71. The number of hydrogen-bond acceptors (Lipinski definition) is 2. The molecule has 0 saturated carbocycles. The third-order valence-corrected chi connectivity index (χ3v) is 3.84. The van der Waals surface area contributed by atoms with Gasteiger partial charge < -0.3 is 9.47 Å². The van der Waals surface area contributed by atoms with Crippen LogP contribution in [0, 0.1) is 0 Å². The van der Waals surface area contributed by atoms with Crippen molar-refractivity contribution in [2.75, 3.05) is 14.2 Å². The molecule has 0 aromatic heterocycles. The van der Waals surface area contributed by atoms with Crippen molar-refractivity contribution < 1.29 is 9.47 Å². The highest BCUT2D eigenvalue weighted by Gasteiger charge is 2.02. The topological polar surface area (TPSA) is 18.5 Å². The van der Waals surface area contributed by atoms with Crippen molar-refractivity contribution in [2.24, 2.45) is 0 Å². The normalized spacial score (nSPS) is 9.57. The second kappa shape index (κ2) is 15.6. The minimum Gasteiger partial charge on any atom is -0.493 e. The second-order valence-corrected chi connectivity index (χ2v) is 6.62. The van der Waals surface area contributed by atoms with Crippen LogP contribution in [-0.4, -0.2) is 14.2 Å². The largest absolute Gasteiger partial charge is 0.493 e. The first kappa shape index (κ1) is 25.5. The van der Waals surface area contributed by atoms with Gasteiger partial charge in [-0.2, -0.15) is 0 Å². The lowest BCUT2D eigenvalue weighted by Crippen LogP contribution is -1.90. The van der Waals surface area contributed by atoms with E-state index in [4.69, 9.17) is 9.47 Å². The van der Waals surface area contributed by atoms with Gasteiger partial charge in [0.2, 0.25) is 0 Å². The predicted octanol–water partition coefficient (Wildman–Crippen LogP) is 7.83. The quantitative estimate of drug-likeness (QED) is 0.387. The van der Waals surface area contributed by atoms with Crippen molar-refractivity contribution >= 4 is 12.2 Å². The summed E-state index contributed by atoms with van der Waals surface area (Å²) in [6.07, 6.45) is 8.57. The lowest BCUT2D eigenvalue weighted by molar-refractivity contribution is 0.355. The molecule has 154 valence electrons. The molecule has 2 aromatic rings. The van der Waals surface area contributed by atoms with E-state index in [1.807, 2.05) is 25.1 Å². The third kappa shape index (κ3) is 10.6. The summed E-state index contributed by atoms with van der Waals surface area (Å²) in [5, 5.41) is 0. The fraction of sp³-hybridized carbons (Fsp3) is 0.385. The molecule has 0 aliphatic heterocycles. The Hall–Kier alpha value is -2.48. The molecule has 2 aromatic carbocycles. The van der Waals surface area contributed by atoms with Crippen LogP contribution in [0.15, 0.2) is 54.1 Å². The average molecular weight is 383 g/mol. The van der Waals surface area contributed by atoms with E-state index in [1.54, 1.807) is 14.2 Å². The van der Waals surface area contributed by atoms with Crippen LogP contribution >= 0.6 is 0 Å². The van der Waals surface area contributed by atoms with E-state index in [1.165, 1.54) is 23.1 Å². The van der Waals surface area contributed by atoms with Crippen LogP contribution in [0.1, 0.15) is 64.7 Å². The van der Waals surface area contributed by atoms with E-state index in [0.29, 0.717) is 0 Å². The van der Waals surface area contributed by atoms with E-state index >= 15 is 0 Å². The van der Waals surface area contributed by atoms with Gasteiger partial charge in [0.15, 0.2) is 11.5 Å². The fourth-order valence-corrected chi connectivity index (χ4v) is 2.01. The first-order valence-electron chi connectivity index (χ1n) is 10.0. The summed E-state index contributed by atoms with van der Waals surface area (Å²) in [6, 6.07) is 14.5. The maximum Gasteiger partial charge on any atom is 0.161 e. The zero-order chi connectivity index (χ0) is 21.4. The summed E-state index contributed by atoms with van der Waals surface area (Å²) < 4.78 is 10.5. The zero-order valence-electron chi connectivity index (χ0n) is 19.0. The van der Waals surface area contributed by atoms with Gasteiger partial charge >= 0.3 is 0 Å². The highest BCUT2D eigenvalue weighted by Crippen LogP contribution is 2.28. The number of allylic oxidation sites excluding steroid dienone is 2. The van der Waals surface area contributed by atoms with Crippen LogP contribution in [0.3, 0.4) is 0 Å². The van der Waals surface area contributed by atoms with E-state index in [-0.39, 0.29) is 0 Å². The summed E-state index contributed by atoms with van der Waals surface area (Å²) >= 11 is 0. The molecule has 28 heavy (non-hydrogen) atoms. The average Bonchev–Trinajstić information content (AvgIpc) is 2.73. The van der Waals surface area contributed by atoms with Crippen LogP contribution in [0.4, 0.5) is 0 Å². The van der Waals surface area contributed by atoms with Crippen LogP contribution in [-0.2, 0) is 6.42 Å². The molecule has 0 heterocycles. The third-order valence-electron chi connectivity index (χ3n) is 3.84. The van der Waals surface area contributed by atoms with Gasteiger partial charge in [-0.15, -0.1) is 0 Å². The number of methoxy groups -OCH3 is 2. The molecule has 2 heteroatoms. The highest BCUT2D eigenvalue weighted by atomic mass is 16.5. The molecule has 0 amide bonds. The molecule has 0 unspecified atom stereocenters. The Morgan fingerprint density at radius 2 is 1.25 bits per heavy atom. The summed E-state index contributed by atoms with van der Waals surface area (Å²) in [4.78, 5) is 0. The van der Waals surface area contributed by atoms with E-state index in [0.717, 1.165) is 23.5 Å². The monoisotopic (exact) mass is 382 g/mol. The second-order valence-electron chi connectivity index (χ2n) is 6.62. The number of hydrogen-bond donors (Lipinski definition) is 0.